The van der Waals surface area contributed by atoms with Crippen molar-refractivity contribution in [1.82, 2.24) is 0 Å². The summed E-state index contributed by atoms with van der Waals surface area (Å²) in [6.07, 6.45) is 0. The van der Waals surface area contributed by atoms with Gasteiger partial charge in [-0.25, -0.2) is 0 Å². The van der Waals surface area contributed by atoms with Crippen LogP contribution in [0.3, 0.4) is 0 Å². The molecule has 0 saturated carbocycles. The number of hydrogen-bond donors (Lipinski definition) is 0. The predicted octanol–water partition coefficient (Wildman–Crippen LogP) is 0.195. The SMILES string of the molecule is O=C([O-])c1ccccc1.O=C([O-])c1ccccc1.O=C([O-])c1ccccc1.O=C([O-])c1ccccc1.[Co+2].[Co+2]. The van der Waals surface area contributed by atoms with Crippen molar-refractivity contribution in [2.24, 2.45) is 0 Å². The van der Waals surface area contributed by atoms with Gasteiger partial charge in [-0.15, -0.1) is 0 Å². The minimum absolute atomic E-state index is 0. The number of aromatic carboxylic acids is 4. The number of benzene rings is 4. The van der Waals surface area contributed by atoms with Crippen LogP contribution in [0.4, 0.5) is 0 Å². The summed E-state index contributed by atoms with van der Waals surface area (Å²) in [5.74, 6) is -4.52. The largest absolute Gasteiger partial charge is 2.00 e. The molecule has 0 unspecified atom stereocenters. The average Bonchev–Trinajstić information content (AvgIpc) is 2.92. The molecule has 0 aliphatic heterocycles. The zero-order chi connectivity index (χ0) is 26.8. The van der Waals surface area contributed by atoms with Crippen molar-refractivity contribution in [3.05, 3.63) is 144 Å². The molecule has 0 heterocycles. The number of rotatable bonds is 4. The molecule has 4 rings (SSSR count). The van der Waals surface area contributed by atoms with E-state index in [-0.39, 0.29) is 55.8 Å². The van der Waals surface area contributed by atoms with E-state index in [0.29, 0.717) is 0 Å². The maximum atomic E-state index is 10.1. The predicted molar refractivity (Wildman–Crippen MR) is 123 cm³/mol. The first kappa shape index (κ1) is 35.9. The Bertz CT molecular complexity index is 1020. The van der Waals surface area contributed by atoms with Crippen LogP contribution >= 0.6 is 0 Å². The molecule has 0 bridgehead atoms. The first-order valence-electron chi connectivity index (χ1n) is 10.3. The van der Waals surface area contributed by atoms with Crippen LogP contribution in [0.2, 0.25) is 0 Å². The summed E-state index contributed by atoms with van der Waals surface area (Å²) in [6, 6.07) is 32.3. The van der Waals surface area contributed by atoms with Gasteiger partial charge in [0, 0.05) is 0 Å². The van der Waals surface area contributed by atoms with Gasteiger partial charge in [-0.2, -0.15) is 0 Å². The van der Waals surface area contributed by atoms with Gasteiger partial charge < -0.3 is 39.6 Å². The van der Waals surface area contributed by atoms with E-state index in [1.807, 2.05) is 0 Å². The third-order valence-corrected chi connectivity index (χ3v) is 4.04. The Morgan fingerprint density at radius 3 is 0.526 bits per heavy atom. The van der Waals surface area contributed by atoms with Crippen LogP contribution in [0, 0.1) is 0 Å². The summed E-state index contributed by atoms with van der Waals surface area (Å²) in [4.78, 5) is 40.4. The smallest absolute Gasteiger partial charge is 0.545 e. The molecule has 0 spiro atoms. The average molecular weight is 602 g/mol. The van der Waals surface area contributed by atoms with Crippen LogP contribution in [-0.4, -0.2) is 23.9 Å². The first-order chi connectivity index (χ1) is 17.2. The molecule has 0 aliphatic carbocycles. The standard InChI is InChI=1S/4C7H6O2.2Co/c4*8-7(9)6-4-2-1-3-5-6;;/h4*1-5H,(H,8,9);;/q;;;;2*+2/p-4. The monoisotopic (exact) mass is 602 g/mol. The van der Waals surface area contributed by atoms with Crippen molar-refractivity contribution >= 4 is 23.9 Å². The van der Waals surface area contributed by atoms with Crippen molar-refractivity contribution < 1.29 is 73.2 Å². The molecule has 4 aromatic carbocycles. The first-order valence-corrected chi connectivity index (χ1v) is 10.3. The fraction of sp³-hybridized carbons (Fsp3) is 0. The minimum Gasteiger partial charge on any atom is -0.545 e. The molecule has 0 saturated heterocycles. The zero-order valence-corrected chi connectivity index (χ0v) is 21.6. The number of carboxylic acid groups (broad SMARTS) is 4. The molecule has 0 atom stereocenters. The van der Waals surface area contributed by atoms with E-state index in [2.05, 4.69) is 0 Å². The molecule has 2 radical (unpaired) electrons. The van der Waals surface area contributed by atoms with Crippen LogP contribution in [0.1, 0.15) is 41.4 Å². The quantitative estimate of drug-likeness (QED) is 0.320. The van der Waals surface area contributed by atoms with Crippen LogP contribution in [0.15, 0.2) is 121 Å². The van der Waals surface area contributed by atoms with E-state index in [1.165, 1.54) is 48.5 Å². The van der Waals surface area contributed by atoms with Gasteiger partial charge >= 0.3 is 33.6 Å². The van der Waals surface area contributed by atoms with Crippen molar-refractivity contribution in [3.8, 4) is 0 Å². The van der Waals surface area contributed by atoms with Crippen LogP contribution in [-0.2, 0) is 33.6 Å². The Hall–Kier alpha value is -4.23. The number of carboxylic acids is 4. The summed E-state index contributed by atoms with van der Waals surface area (Å²) in [5.41, 5.74) is 0.880. The van der Waals surface area contributed by atoms with E-state index < -0.39 is 23.9 Å². The van der Waals surface area contributed by atoms with E-state index in [1.54, 1.807) is 72.8 Å². The van der Waals surface area contributed by atoms with Gasteiger partial charge in [-0.05, 0) is 22.3 Å². The second-order valence-electron chi connectivity index (χ2n) is 6.61. The second-order valence-corrected chi connectivity index (χ2v) is 6.61. The summed E-state index contributed by atoms with van der Waals surface area (Å²) < 4.78 is 0. The molecule has 0 aliphatic rings. The third kappa shape index (κ3) is 15.7. The molecule has 0 amide bonds. The Kier molecular flexibility index (Phi) is 19.8. The second kappa shape index (κ2) is 20.9. The summed E-state index contributed by atoms with van der Waals surface area (Å²) in [5, 5.41) is 40.4. The fourth-order valence-corrected chi connectivity index (χ4v) is 2.30. The Morgan fingerprint density at radius 1 is 0.316 bits per heavy atom. The molecular weight excluding hydrogens is 582 g/mol. The van der Waals surface area contributed by atoms with Crippen molar-refractivity contribution in [2.45, 2.75) is 0 Å². The number of hydrogen-bond acceptors (Lipinski definition) is 8. The molecule has 0 fully saturated rings. The number of carbonyl (C=O) groups excluding carboxylic acids is 4. The van der Waals surface area contributed by atoms with Gasteiger partial charge in [0.2, 0.25) is 0 Å². The van der Waals surface area contributed by atoms with Crippen molar-refractivity contribution in [3.63, 3.8) is 0 Å². The summed E-state index contributed by atoms with van der Waals surface area (Å²) in [6.45, 7) is 0. The van der Waals surface area contributed by atoms with Gasteiger partial charge in [0.05, 0.1) is 23.9 Å². The molecule has 4 aromatic rings. The maximum Gasteiger partial charge on any atom is 2.00 e. The zero-order valence-electron chi connectivity index (χ0n) is 19.5. The molecule has 38 heavy (non-hydrogen) atoms. The Balaban J connectivity index is 0. The normalized spacial score (nSPS) is 8.42. The fourth-order valence-electron chi connectivity index (χ4n) is 2.30. The molecule has 0 aromatic heterocycles. The molecule has 198 valence electrons. The topological polar surface area (TPSA) is 161 Å². The van der Waals surface area contributed by atoms with Crippen molar-refractivity contribution in [1.29, 1.82) is 0 Å². The summed E-state index contributed by atoms with van der Waals surface area (Å²) >= 11 is 0. The summed E-state index contributed by atoms with van der Waals surface area (Å²) in [7, 11) is 0. The van der Waals surface area contributed by atoms with Gasteiger partial charge in [-0.1, -0.05) is 121 Å². The Morgan fingerprint density at radius 2 is 0.447 bits per heavy atom. The maximum absolute atomic E-state index is 10.1. The minimum atomic E-state index is -1.13. The van der Waals surface area contributed by atoms with Gasteiger partial charge in [-0.3, -0.25) is 0 Å². The molecular formula is C28H20Co2O8. The van der Waals surface area contributed by atoms with Crippen LogP contribution < -0.4 is 20.4 Å². The van der Waals surface area contributed by atoms with E-state index in [0.717, 1.165) is 0 Å². The molecule has 0 N–H and O–H groups in total. The van der Waals surface area contributed by atoms with Crippen molar-refractivity contribution in [2.75, 3.05) is 0 Å². The van der Waals surface area contributed by atoms with Gasteiger partial charge in [0.1, 0.15) is 0 Å². The number of carbonyl (C=O) groups is 4. The Labute approximate surface area is 240 Å². The van der Waals surface area contributed by atoms with Crippen LogP contribution in [0.5, 0.6) is 0 Å². The molecule has 8 nitrogen and oxygen atoms in total. The van der Waals surface area contributed by atoms with E-state index in [4.69, 9.17) is 0 Å². The third-order valence-electron chi connectivity index (χ3n) is 4.04. The van der Waals surface area contributed by atoms with Gasteiger partial charge in [0.25, 0.3) is 0 Å². The van der Waals surface area contributed by atoms with Gasteiger partial charge in [0.15, 0.2) is 0 Å². The van der Waals surface area contributed by atoms with E-state index >= 15 is 0 Å². The van der Waals surface area contributed by atoms with E-state index in [9.17, 15) is 39.6 Å². The van der Waals surface area contributed by atoms with Crippen LogP contribution in [0.25, 0.3) is 0 Å². The molecule has 10 heteroatoms.